The number of aromatic amines is 1. The predicted octanol–water partition coefficient (Wildman–Crippen LogP) is 8.16. The summed E-state index contributed by atoms with van der Waals surface area (Å²) in [6, 6.07) is 14.3. The number of alkyl carbamates (subject to hydrolysis) is 2. The van der Waals surface area contributed by atoms with Crippen LogP contribution in [0.1, 0.15) is 83.3 Å². The third-order valence-electron chi connectivity index (χ3n) is 7.85. The Bertz CT molecular complexity index is 1570. The quantitative estimate of drug-likeness (QED) is 0.0184. The molecule has 4 rings (SSSR count). The maximum atomic E-state index is 11.6. The Morgan fingerprint density at radius 1 is 0.790 bits per heavy atom. The molecule has 5 N–H and O–H groups in total. The van der Waals surface area contributed by atoms with Crippen molar-refractivity contribution < 1.29 is 88.4 Å². The number of carbonyl (C=O) groups is 4. The molecule has 0 bridgehead atoms. The number of carboxylic acids is 2. The summed E-state index contributed by atoms with van der Waals surface area (Å²) >= 11 is 0. The Morgan fingerprint density at radius 2 is 1.16 bits per heavy atom. The summed E-state index contributed by atoms with van der Waals surface area (Å²) in [4.78, 5) is 46.4. The van der Waals surface area contributed by atoms with Crippen LogP contribution in [0.3, 0.4) is 0 Å². The van der Waals surface area contributed by atoms with Crippen molar-refractivity contribution in [1.29, 1.82) is 0 Å². The van der Waals surface area contributed by atoms with E-state index in [1.165, 1.54) is 54.7 Å². The van der Waals surface area contributed by atoms with Crippen LogP contribution in [0.4, 0.5) is 9.59 Å². The SMILES string of the molecule is C#CCOC(=O)N[C@H](C(=O)O)c1ccccc1.C1CCOC1.CCP(CC)CC.CCP(CC)CC.O=C(N[C@H](C(=O)O)c1ccccc1)OCc1[c-]nn[nH]1.[Au+].[Au+].[B].[N-]=[N+]=[N-]. The van der Waals surface area contributed by atoms with Crippen molar-refractivity contribution in [2.45, 2.75) is 73.1 Å². The first kappa shape index (κ1) is 67.4. The standard InChI is InChI=1S/C12H11N4O4.C12H11NO4.2C6H15P.C4H8O.2Au.B.N3/c17-11(18)10(8-4-2-1-3-5-8)14-12(19)20-7-9-6-13-16-15-9;1-2-8-17-12(16)13-10(11(14)15)9-6-4-3-5-7-9;2*1-4-7(5-2)6-3;1-2-4-5-3-1;;;;1-3-2/h1-5,10H,7H2,(H,14,19)(H,17,18)(H,13,15,16);1,3-7,10H,8H2,(H,13,16)(H,14,15);2*4-6H2,1-3H3;1-4H2;;;;/q-1;;;;;2*+1;;-1/t2*10-;;;;;;;/m00......./s1. The smallest absolute Gasteiger partial charge is 0.479 e. The molecule has 1 aromatic heterocycles. The second-order valence-electron chi connectivity index (χ2n) is 11.6. The van der Waals surface area contributed by atoms with Crippen LogP contribution in [0, 0.1) is 18.5 Å². The van der Waals surface area contributed by atoms with Gasteiger partial charge >= 0.3 is 68.9 Å². The number of aliphatic carboxylic acids is 2. The molecule has 0 unspecified atom stereocenters. The number of hydrogen-bond acceptors (Lipinski definition) is 9. The zero-order valence-corrected chi connectivity index (χ0v) is 42.2. The van der Waals surface area contributed by atoms with Gasteiger partial charge in [-0.3, -0.25) is 10.0 Å². The first-order valence-corrected chi connectivity index (χ1v) is 22.9. The van der Waals surface area contributed by atoms with Crippen molar-refractivity contribution in [3.63, 3.8) is 0 Å². The van der Waals surface area contributed by atoms with Gasteiger partial charge in [0.1, 0.15) is 6.61 Å². The molecule has 2 heterocycles. The van der Waals surface area contributed by atoms with Crippen molar-refractivity contribution >= 4 is 48.4 Å². The number of rotatable bonds is 15. The topological polar surface area (TPSA) is 261 Å². The molecule has 0 aliphatic carbocycles. The van der Waals surface area contributed by atoms with Gasteiger partial charge in [0.25, 0.3) is 0 Å². The number of carbonyl (C=O) groups excluding carboxylic acids is 2. The number of amides is 2. The van der Waals surface area contributed by atoms with Crippen LogP contribution in [-0.2, 0) is 75.2 Å². The minimum Gasteiger partial charge on any atom is -0.479 e. The van der Waals surface area contributed by atoms with E-state index in [0.717, 1.165) is 13.2 Å². The Hall–Kier alpha value is -3.70. The minimum atomic E-state index is -1.18. The molecule has 349 valence electrons. The summed E-state index contributed by atoms with van der Waals surface area (Å²) in [6.07, 6.45) is 16.7. The summed E-state index contributed by atoms with van der Waals surface area (Å²) < 4.78 is 14.3. The van der Waals surface area contributed by atoms with Crippen molar-refractivity contribution in [1.82, 2.24) is 26.0 Å². The van der Waals surface area contributed by atoms with Gasteiger partial charge in [0.05, 0.1) is 0 Å². The summed E-state index contributed by atoms with van der Waals surface area (Å²) in [5, 5.41) is 31.9. The van der Waals surface area contributed by atoms with E-state index in [1.807, 2.05) is 0 Å². The van der Waals surface area contributed by atoms with E-state index in [0.29, 0.717) is 32.7 Å². The second-order valence-corrected chi connectivity index (χ2v) is 18.0. The molecule has 1 fully saturated rings. The zero-order chi connectivity index (χ0) is 44.7. The van der Waals surface area contributed by atoms with E-state index in [4.69, 9.17) is 37.2 Å². The molecule has 3 radical (unpaired) electrons. The number of terminal acetylenes is 1. The molecule has 0 spiro atoms. The molecule has 62 heavy (non-hydrogen) atoms. The minimum absolute atomic E-state index is 0. The molecule has 1 saturated heterocycles. The fraction of sp³-hybridized carbons (Fsp3) is 0.500. The number of H-pyrrole nitrogens is 1. The number of nitrogens with one attached hydrogen (secondary N) is 3. The molecule has 22 heteroatoms. The van der Waals surface area contributed by atoms with Crippen molar-refractivity contribution in [2.24, 2.45) is 0 Å². The molecule has 0 saturated carbocycles. The van der Waals surface area contributed by atoms with Gasteiger partial charge in [0, 0.05) is 21.6 Å². The van der Waals surface area contributed by atoms with E-state index >= 15 is 0 Å². The van der Waals surface area contributed by atoms with Crippen LogP contribution in [-0.4, -0.2) is 115 Å². The average molecular weight is 1260 g/mol. The molecule has 2 amide bonds. The molecular formula is C40H60Au2BN8O9P2. The molecule has 2 atom stereocenters. The van der Waals surface area contributed by atoms with Crippen molar-refractivity contribution in [3.8, 4) is 12.3 Å². The summed E-state index contributed by atoms with van der Waals surface area (Å²) in [6.45, 7) is 15.4. The average Bonchev–Trinajstić information content (AvgIpc) is 4.02. The third kappa shape index (κ3) is 35.8. The number of nitrogens with zero attached hydrogens (tertiary/aromatic N) is 5. The normalized spacial score (nSPS) is 11.1. The van der Waals surface area contributed by atoms with Gasteiger partial charge in [-0.05, 0) is 60.9 Å². The maximum Gasteiger partial charge on any atom is 1.00 e. The number of ether oxygens (including phenoxy) is 3. The predicted molar refractivity (Wildman–Crippen MR) is 238 cm³/mol. The molecule has 17 nitrogen and oxygen atoms in total. The maximum absolute atomic E-state index is 11.6. The van der Waals surface area contributed by atoms with Crippen LogP contribution < -0.4 is 10.6 Å². The van der Waals surface area contributed by atoms with Crippen LogP contribution >= 0.6 is 15.8 Å². The monoisotopic (exact) mass is 1260 g/mol. The van der Waals surface area contributed by atoms with Crippen LogP contribution in [0.15, 0.2) is 60.7 Å². The van der Waals surface area contributed by atoms with Crippen LogP contribution in [0.25, 0.3) is 16.0 Å². The van der Waals surface area contributed by atoms with E-state index in [-0.39, 0.29) is 66.4 Å². The molecule has 1 aliphatic rings. The second kappa shape index (κ2) is 46.8. The number of hydrogen-bond donors (Lipinski definition) is 5. The van der Waals surface area contributed by atoms with Gasteiger partial charge in [-0.25, -0.2) is 19.2 Å². The Labute approximate surface area is 402 Å². The van der Waals surface area contributed by atoms with E-state index in [1.54, 1.807) is 60.7 Å². The van der Waals surface area contributed by atoms with Crippen molar-refractivity contribution in [2.75, 3.05) is 56.8 Å². The van der Waals surface area contributed by atoms with Gasteiger partial charge in [-0.15, -0.1) is 27.5 Å². The summed E-state index contributed by atoms with van der Waals surface area (Å²) in [5.74, 6) is -0.240. The van der Waals surface area contributed by atoms with Crippen LogP contribution in [0.2, 0.25) is 0 Å². The number of benzene rings is 2. The number of aromatic nitrogens is 3. The largest absolute Gasteiger partial charge is 1.00 e. The van der Waals surface area contributed by atoms with Gasteiger partial charge < -0.3 is 57.4 Å². The number of carboxylic acid groups (broad SMARTS) is 2. The third-order valence-corrected chi connectivity index (χ3v) is 13.2. The fourth-order valence-corrected chi connectivity index (χ4v) is 7.23. The van der Waals surface area contributed by atoms with Gasteiger partial charge in [-0.1, -0.05) is 114 Å². The van der Waals surface area contributed by atoms with Crippen LogP contribution in [0.5, 0.6) is 0 Å². The van der Waals surface area contributed by atoms with Gasteiger partial charge in [0.2, 0.25) is 0 Å². The first-order chi connectivity index (χ1) is 28.4. The Kier molecular flexibility index (Phi) is 50.8. The summed E-state index contributed by atoms with van der Waals surface area (Å²) in [5.41, 5.74) is 14.8. The van der Waals surface area contributed by atoms with E-state index in [2.05, 4.69) is 84.4 Å². The van der Waals surface area contributed by atoms with E-state index < -0.39 is 36.2 Å². The summed E-state index contributed by atoms with van der Waals surface area (Å²) in [7, 11) is 0.892. The van der Waals surface area contributed by atoms with Gasteiger partial charge in [0.15, 0.2) is 18.7 Å². The fourth-order valence-electron chi connectivity index (χ4n) is 4.54. The molecule has 1 aliphatic heterocycles. The molecule has 3 aromatic rings. The molecule has 2 aromatic carbocycles. The molecular weight excluding hydrogens is 1200 g/mol. The van der Waals surface area contributed by atoms with E-state index in [9.17, 15) is 19.2 Å². The zero-order valence-electron chi connectivity index (χ0n) is 36.1. The van der Waals surface area contributed by atoms with Crippen molar-refractivity contribution in [3.05, 3.63) is 99.7 Å². The Balaban J connectivity index is -0.000000231. The Morgan fingerprint density at radius 3 is 1.42 bits per heavy atom. The van der Waals surface area contributed by atoms with Gasteiger partial charge in [-0.2, -0.15) is 0 Å². The first-order valence-electron chi connectivity index (χ1n) is 19.1.